The van der Waals surface area contributed by atoms with Crippen LogP contribution in [0.4, 0.5) is 0 Å². The Labute approximate surface area is 72.4 Å². The molecular weight excluding hydrogens is 174 g/mol. The topological polar surface area (TPSA) is 108 Å². The molecule has 0 N–H and O–H groups in total. The molecule has 0 bridgehead atoms. The Morgan fingerprint density at radius 3 is 2.85 bits per heavy atom. The number of hydrogen-bond donors (Lipinski definition) is 0. The minimum atomic E-state index is -0.839. The fourth-order valence-corrected chi connectivity index (χ4v) is 0.873. The maximum Gasteiger partial charge on any atom is 0.430 e. The molecule has 0 radical (unpaired) electrons. The van der Waals surface area contributed by atoms with Gasteiger partial charge in [-0.25, -0.2) is 0 Å². The molecule has 64 valence electrons. The van der Waals surface area contributed by atoms with Crippen molar-refractivity contribution < 1.29 is 9.71 Å². The number of diazo groups is 1. The van der Waals surface area contributed by atoms with Crippen molar-refractivity contribution in [2.45, 2.75) is 6.04 Å². The third kappa shape index (κ3) is 1.64. The van der Waals surface area contributed by atoms with Gasteiger partial charge in [-0.1, -0.05) is 0 Å². The van der Waals surface area contributed by atoms with Crippen LogP contribution in [-0.2, 0) is 0 Å². The highest BCUT2D eigenvalue weighted by atomic mass is 16.6. The Kier molecular flexibility index (Phi) is 2.28. The summed E-state index contributed by atoms with van der Waals surface area (Å²) < 4.78 is 0. The summed E-state index contributed by atoms with van der Waals surface area (Å²) in [5.74, 6) is 0. The molecule has 0 fully saturated rings. The highest BCUT2D eigenvalue weighted by Gasteiger charge is 2.36. The molecule has 0 spiro atoms. The van der Waals surface area contributed by atoms with E-state index in [2.05, 4.69) is 9.77 Å². The van der Waals surface area contributed by atoms with Gasteiger partial charge in [0.1, 0.15) is 11.1 Å². The van der Waals surface area contributed by atoms with Crippen LogP contribution in [0.15, 0.2) is 23.9 Å². The molecule has 1 atom stereocenters. The van der Waals surface area contributed by atoms with Gasteiger partial charge in [0, 0.05) is 12.2 Å². The number of hydrogen-bond acceptors (Lipinski definition) is 3. The van der Waals surface area contributed by atoms with Crippen molar-refractivity contribution in [1.82, 2.24) is 0 Å². The molecule has 1 unspecified atom stereocenters. The quantitative estimate of drug-likeness (QED) is 0.193. The first-order valence-electron chi connectivity index (χ1n) is 3.29. The summed E-state index contributed by atoms with van der Waals surface area (Å²) in [5, 5.41) is 18.7. The van der Waals surface area contributed by atoms with Crippen LogP contribution < -0.4 is 0 Å². The van der Waals surface area contributed by atoms with Gasteiger partial charge in [0.15, 0.2) is 0 Å². The first kappa shape index (κ1) is 8.77. The monoisotopic (exact) mass is 178 g/mol. The zero-order valence-electron chi connectivity index (χ0n) is 6.36. The molecule has 0 saturated carbocycles. The van der Waals surface area contributed by atoms with E-state index in [0.717, 1.165) is 6.08 Å². The van der Waals surface area contributed by atoms with E-state index in [1.165, 1.54) is 12.2 Å². The van der Waals surface area contributed by atoms with Crippen molar-refractivity contribution in [2.24, 2.45) is 0 Å². The van der Waals surface area contributed by atoms with Gasteiger partial charge in [-0.05, 0) is 0 Å². The molecule has 1 aliphatic carbocycles. The summed E-state index contributed by atoms with van der Waals surface area (Å²) in [6.45, 7) is 0. The fourth-order valence-electron chi connectivity index (χ4n) is 0.873. The molecule has 7 nitrogen and oxygen atoms in total. The zero-order chi connectivity index (χ0) is 9.84. The molecular formula is C6H4N5O2+. The molecule has 0 saturated heterocycles. The van der Waals surface area contributed by atoms with E-state index in [0.29, 0.717) is 0 Å². The number of rotatable bonds is 1. The second-order valence-corrected chi connectivity index (χ2v) is 2.27. The molecule has 13 heavy (non-hydrogen) atoms. The van der Waals surface area contributed by atoms with E-state index in [-0.39, 0.29) is 11.4 Å². The van der Waals surface area contributed by atoms with Gasteiger partial charge in [0.25, 0.3) is 5.70 Å². The SMILES string of the molecule is N#[N+]C1C=CC([N+](=O)[O-])=CC1=[N+]=[N-]. The van der Waals surface area contributed by atoms with Gasteiger partial charge in [-0.2, -0.15) is 4.79 Å². The third-order valence-corrected chi connectivity index (χ3v) is 1.50. The van der Waals surface area contributed by atoms with Gasteiger partial charge in [0.2, 0.25) is 5.39 Å². The molecule has 0 aliphatic heterocycles. The van der Waals surface area contributed by atoms with Crippen LogP contribution in [0.1, 0.15) is 0 Å². The lowest BCUT2D eigenvalue weighted by molar-refractivity contribution is -0.419. The summed E-state index contributed by atoms with van der Waals surface area (Å²) in [6.07, 6.45) is 3.47. The molecule has 1 aliphatic rings. The summed E-state index contributed by atoms with van der Waals surface area (Å²) in [7, 11) is 0. The van der Waals surface area contributed by atoms with Gasteiger partial charge >= 0.3 is 11.8 Å². The molecule has 0 aromatic rings. The summed E-state index contributed by atoms with van der Waals surface area (Å²) in [6, 6.07) is -0.839. The average Bonchev–Trinajstić information content (AvgIpc) is 2.16. The summed E-state index contributed by atoms with van der Waals surface area (Å²) in [5.41, 5.74) is 8.12. The van der Waals surface area contributed by atoms with Crippen LogP contribution in [0.2, 0.25) is 0 Å². The third-order valence-electron chi connectivity index (χ3n) is 1.50. The van der Waals surface area contributed by atoms with Crippen molar-refractivity contribution in [3.8, 4) is 0 Å². The van der Waals surface area contributed by atoms with E-state index in [1.807, 2.05) is 0 Å². The standard InChI is InChI=1S/C6H4N5O2/c7-9-5-2-1-4(11(12)13)3-6(5)10-8/h1-3,5H/q+1. The van der Waals surface area contributed by atoms with E-state index < -0.39 is 11.0 Å². The van der Waals surface area contributed by atoms with Crippen molar-refractivity contribution in [3.05, 3.63) is 44.5 Å². The van der Waals surface area contributed by atoms with Crippen LogP contribution in [0, 0.1) is 15.5 Å². The van der Waals surface area contributed by atoms with Crippen molar-refractivity contribution in [1.29, 1.82) is 5.39 Å². The smallest absolute Gasteiger partial charge is 0.361 e. The van der Waals surface area contributed by atoms with E-state index in [9.17, 15) is 10.1 Å². The Balaban J connectivity index is 3.09. The first-order chi connectivity index (χ1) is 6.19. The predicted octanol–water partition coefficient (Wildman–Crippen LogP) is 0.609. The Morgan fingerprint density at radius 1 is 1.69 bits per heavy atom. The Morgan fingerprint density at radius 2 is 2.38 bits per heavy atom. The highest BCUT2D eigenvalue weighted by Crippen LogP contribution is 2.10. The minimum absolute atomic E-state index is 0.0725. The number of allylic oxidation sites excluding steroid dienone is 1. The van der Waals surface area contributed by atoms with Gasteiger partial charge in [-0.3, -0.25) is 10.1 Å². The lowest BCUT2D eigenvalue weighted by Crippen LogP contribution is -2.18. The van der Waals surface area contributed by atoms with Crippen LogP contribution >= 0.6 is 0 Å². The van der Waals surface area contributed by atoms with Crippen LogP contribution in [0.3, 0.4) is 0 Å². The van der Waals surface area contributed by atoms with Gasteiger partial charge in [-0.15, -0.1) is 0 Å². The number of nitrogens with zero attached hydrogens (tertiary/aromatic N) is 5. The molecule has 0 aromatic heterocycles. The lowest BCUT2D eigenvalue weighted by Gasteiger charge is -1.92. The average molecular weight is 178 g/mol. The van der Waals surface area contributed by atoms with Crippen LogP contribution in [0.25, 0.3) is 10.5 Å². The minimum Gasteiger partial charge on any atom is -0.361 e. The Hall–Kier alpha value is -2.32. The van der Waals surface area contributed by atoms with E-state index in [4.69, 9.17) is 10.9 Å². The first-order valence-corrected chi connectivity index (χ1v) is 3.29. The fraction of sp³-hybridized carbons (Fsp3) is 0.167. The van der Waals surface area contributed by atoms with Crippen LogP contribution in [0.5, 0.6) is 0 Å². The Bertz CT molecular complexity index is 396. The zero-order valence-corrected chi connectivity index (χ0v) is 6.36. The molecule has 1 rings (SSSR count). The van der Waals surface area contributed by atoms with E-state index >= 15 is 0 Å². The lowest BCUT2D eigenvalue weighted by atomic mass is 10.1. The van der Waals surface area contributed by atoms with Gasteiger partial charge < -0.3 is 5.53 Å². The van der Waals surface area contributed by atoms with Crippen LogP contribution in [-0.4, -0.2) is 21.5 Å². The second-order valence-electron chi connectivity index (χ2n) is 2.27. The van der Waals surface area contributed by atoms with E-state index in [1.54, 1.807) is 0 Å². The summed E-state index contributed by atoms with van der Waals surface area (Å²) in [4.78, 5) is 15.2. The largest absolute Gasteiger partial charge is 0.430 e. The predicted molar refractivity (Wildman–Crippen MR) is 41.7 cm³/mol. The maximum absolute atomic E-state index is 10.3. The summed E-state index contributed by atoms with van der Waals surface area (Å²) >= 11 is 0. The second kappa shape index (κ2) is 3.38. The van der Waals surface area contributed by atoms with Crippen molar-refractivity contribution >= 4 is 5.71 Å². The number of nitro groups is 1. The molecule has 0 aromatic carbocycles. The highest BCUT2D eigenvalue weighted by molar-refractivity contribution is 5.99. The van der Waals surface area contributed by atoms with Crippen molar-refractivity contribution in [2.75, 3.05) is 0 Å². The molecule has 0 amide bonds. The molecule has 0 heterocycles. The van der Waals surface area contributed by atoms with Gasteiger partial charge in [0.05, 0.1) is 4.92 Å². The maximum atomic E-state index is 10.3. The van der Waals surface area contributed by atoms with Crippen molar-refractivity contribution in [3.63, 3.8) is 0 Å². The molecule has 7 heteroatoms. The normalized spacial score (nSPS) is 20.1.